The SMILES string of the molecule is O=C(COc1ccc2cc(-c3ccc(Cl)cc3)c(=O)oc2c1)NCCCN1CCOCC1. The van der Waals surface area contributed by atoms with Crippen LogP contribution in [0, 0.1) is 0 Å². The summed E-state index contributed by atoms with van der Waals surface area (Å²) < 4.78 is 16.4. The highest BCUT2D eigenvalue weighted by Gasteiger charge is 2.11. The van der Waals surface area contributed by atoms with Gasteiger partial charge >= 0.3 is 5.63 Å². The molecule has 1 aliphatic rings. The molecule has 0 spiro atoms. The van der Waals surface area contributed by atoms with Crippen molar-refractivity contribution in [2.75, 3.05) is 46.0 Å². The summed E-state index contributed by atoms with van der Waals surface area (Å²) in [5.41, 5.74) is 1.14. The lowest BCUT2D eigenvalue weighted by atomic mass is 10.1. The fourth-order valence-corrected chi connectivity index (χ4v) is 3.69. The lowest BCUT2D eigenvalue weighted by Gasteiger charge is -2.26. The lowest BCUT2D eigenvalue weighted by molar-refractivity contribution is -0.123. The van der Waals surface area contributed by atoms with Crippen molar-refractivity contribution in [1.29, 1.82) is 0 Å². The minimum absolute atomic E-state index is 0.101. The maximum Gasteiger partial charge on any atom is 0.344 e. The number of hydrogen-bond acceptors (Lipinski definition) is 6. The molecule has 1 fully saturated rings. The zero-order valence-electron chi connectivity index (χ0n) is 17.6. The predicted molar refractivity (Wildman–Crippen MR) is 123 cm³/mol. The Morgan fingerprint density at radius 3 is 2.66 bits per heavy atom. The summed E-state index contributed by atoms with van der Waals surface area (Å²) in [5, 5.41) is 4.22. The molecule has 1 N–H and O–H groups in total. The Kier molecular flexibility index (Phi) is 7.42. The molecular weight excluding hydrogens is 432 g/mol. The van der Waals surface area contributed by atoms with Crippen LogP contribution in [0.4, 0.5) is 0 Å². The quantitative estimate of drug-likeness (QED) is 0.413. The van der Waals surface area contributed by atoms with Gasteiger partial charge in [0.25, 0.3) is 5.91 Å². The van der Waals surface area contributed by atoms with Crippen LogP contribution in [0.3, 0.4) is 0 Å². The second-order valence-electron chi connectivity index (χ2n) is 7.60. The average Bonchev–Trinajstić information content (AvgIpc) is 2.81. The van der Waals surface area contributed by atoms with Crippen LogP contribution in [0.1, 0.15) is 6.42 Å². The molecule has 7 nitrogen and oxygen atoms in total. The van der Waals surface area contributed by atoms with Crippen molar-refractivity contribution in [2.45, 2.75) is 6.42 Å². The van der Waals surface area contributed by atoms with Crippen LogP contribution in [0.2, 0.25) is 5.02 Å². The van der Waals surface area contributed by atoms with Crippen LogP contribution in [0.15, 0.2) is 57.7 Å². The summed E-state index contributed by atoms with van der Waals surface area (Å²) in [6.45, 7) is 4.86. The van der Waals surface area contributed by atoms with E-state index in [1.165, 1.54) is 0 Å². The number of carbonyl (C=O) groups is 1. The van der Waals surface area contributed by atoms with Gasteiger partial charge < -0.3 is 19.2 Å². The summed E-state index contributed by atoms with van der Waals surface area (Å²) in [7, 11) is 0. The number of morpholine rings is 1. The van der Waals surface area contributed by atoms with E-state index in [1.54, 1.807) is 48.5 Å². The van der Waals surface area contributed by atoms with Gasteiger partial charge in [0.2, 0.25) is 0 Å². The first kappa shape index (κ1) is 22.3. The summed E-state index contributed by atoms with van der Waals surface area (Å²) >= 11 is 5.92. The van der Waals surface area contributed by atoms with Crippen molar-refractivity contribution in [3.8, 4) is 16.9 Å². The van der Waals surface area contributed by atoms with Gasteiger partial charge in [0.05, 0.1) is 18.8 Å². The van der Waals surface area contributed by atoms with E-state index in [0.29, 0.717) is 28.5 Å². The third-order valence-corrected chi connectivity index (χ3v) is 5.56. The van der Waals surface area contributed by atoms with E-state index < -0.39 is 5.63 Å². The Labute approximate surface area is 190 Å². The highest BCUT2D eigenvalue weighted by Crippen LogP contribution is 2.25. The first-order valence-electron chi connectivity index (χ1n) is 10.6. The number of nitrogens with one attached hydrogen (secondary N) is 1. The van der Waals surface area contributed by atoms with Gasteiger partial charge in [-0.3, -0.25) is 9.69 Å². The molecular formula is C24H25ClN2O5. The van der Waals surface area contributed by atoms with Crippen LogP contribution in [0.25, 0.3) is 22.1 Å². The van der Waals surface area contributed by atoms with E-state index in [1.807, 2.05) is 0 Å². The van der Waals surface area contributed by atoms with Crippen molar-refractivity contribution in [3.05, 3.63) is 64.0 Å². The maximum absolute atomic E-state index is 12.4. The van der Waals surface area contributed by atoms with E-state index in [9.17, 15) is 9.59 Å². The molecule has 3 aromatic rings. The number of amides is 1. The molecule has 2 heterocycles. The topological polar surface area (TPSA) is 81.0 Å². The molecule has 2 aromatic carbocycles. The van der Waals surface area contributed by atoms with E-state index in [0.717, 1.165) is 50.2 Å². The van der Waals surface area contributed by atoms with Crippen LogP contribution in [-0.4, -0.2) is 56.8 Å². The molecule has 0 bridgehead atoms. The van der Waals surface area contributed by atoms with E-state index >= 15 is 0 Å². The molecule has 0 radical (unpaired) electrons. The minimum Gasteiger partial charge on any atom is -0.484 e. The number of ether oxygens (including phenoxy) is 2. The van der Waals surface area contributed by atoms with Gasteiger partial charge in [-0.15, -0.1) is 0 Å². The zero-order valence-corrected chi connectivity index (χ0v) is 18.4. The summed E-state index contributed by atoms with van der Waals surface area (Å²) in [6.07, 6.45) is 0.878. The number of benzene rings is 2. The number of hydrogen-bond donors (Lipinski definition) is 1. The number of nitrogens with zero attached hydrogens (tertiary/aromatic N) is 1. The first-order valence-corrected chi connectivity index (χ1v) is 11.0. The summed E-state index contributed by atoms with van der Waals surface area (Å²) in [6, 6.07) is 13.9. The third kappa shape index (κ3) is 5.88. The fourth-order valence-electron chi connectivity index (χ4n) is 3.57. The molecule has 0 atom stereocenters. The molecule has 0 unspecified atom stereocenters. The Balaban J connectivity index is 1.30. The van der Waals surface area contributed by atoms with Crippen molar-refractivity contribution in [2.24, 2.45) is 0 Å². The number of halogens is 1. The Bertz CT molecular complexity index is 1120. The molecule has 0 saturated carbocycles. The Morgan fingerprint density at radius 1 is 1.09 bits per heavy atom. The highest BCUT2D eigenvalue weighted by molar-refractivity contribution is 6.30. The predicted octanol–water partition coefficient (Wildman–Crippen LogP) is 3.33. The van der Waals surface area contributed by atoms with Crippen molar-refractivity contribution < 1.29 is 18.7 Å². The van der Waals surface area contributed by atoms with Gasteiger partial charge in [-0.05, 0) is 48.9 Å². The Hall–Kier alpha value is -2.87. The van der Waals surface area contributed by atoms with Crippen molar-refractivity contribution >= 4 is 28.5 Å². The Morgan fingerprint density at radius 2 is 1.88 bits per heavy atom. The van der Waals surface area contributed by atoms with Gasteiger partial charge in [-0.2, -0.15) is 0 Å². The maximum atomic E-state index is 12.4. The second-order valence-corrected chi connectivity index (χ2v) is 8.04. The first-order chi connectivity index (χ1) is 15.6. The van der Waals surface area contributed by atoms with Crippen LogP contribution in [-0.2, 0) is 9.53 Å². The highest BCUT2D eigenvalue weighted by atomic mass is 35.5. The van der Waals surface area contributed by atoms with Gasteiger partial charge in [0.1, 0.15) is 11.3 Å². The molecule has 168 valence electrons. The standard InChI is InChI=1S/C24H25ClN2O5/c25-19-5-2-17(3-6-19)21-14-18-4-7-20(15-22(18)32-24(21)29)31-16-23(28)26-8-1-9-27-10-12-30-13-11-27/h2-7,14-15H,1,8-13,16H2,(H,26,28). The fraction of sp³-hybridized carbons (Fsp3) is 0.333. The van der Waals surface area contributed by atoms with Crippen LogP contribution >= 0.6 is 11.6 Å². The monoisotopic (exact) mass is 456 g/mol. The molecule has 32 heavy (non-hydrogen) atoms. The lowest BCUT2D eigenvalue weighted by Crippen LogP contribution is -2.38. The second kappa shape index (κ2) is 10.6. The number of carbonyl (C=O) groups excluding carboxylic acids is 1. The minimum atomic E-state index is -0.449. The molecule has 1 saturated heterocycles. The van der Waals surface area contributed by atoms with Gasteiger partial charge in [-0.1, -0.05) is 23.7 Å². The largest absolute Gasteiger partial charge is 0.484 e. The molecule has 0 aliphatic carbocycles. The normalized spacial score (nSPS) is 14.4. The average molecular weight is 457 g/mol. The van der Waals surface area contributed by atoms with E-state index in [-0.39, 0.29) is 12.5 Å². The molecule has 1 aromatic heterocycles. The molecule has 8 heteroatoms. The van der Waals surface area contributed by atoms with Crippen molar-refractivity contribution in [1.82, 2.24) is 10.2 Å². The van der Waals surface area contributed by atoms with Crippen LogP contribution in [0.5, 0.6) is 5.75 Å². The van der Waals surface area contributed by atoms with Gasteiger partial charge in [0, 0.05) is 36.1 Å². The van der Waals surface area contributed by atoms with E-state index in [2.05, 4.69) is 10.2 Å². The summed E-state index contributed by atoms with van der Waals surface area (Å²) in [4.78, 5) is 26.8. The molecule has 1 aliphatic heterocycles. The third-order valence-electron chi connectivity index (χ3n) is 5.31. The number of rotatable bonds is 8. The zero-order chi connectivity index (χ0) is 22.3. The van der Waals surface area contributed by atoms with Crippen molar-refractivity contribution in [3.63, 3.8) is 0 Å². The van der Waals surface area contributed by atoms with E-state index in [4.69, 9.17) is 25.5 Å². The van der Waals surface area contributed by atoms with Gasteiger partial charge in [-0.25, -0.2) is 4.79 Å². The smallest absolute Gasteiger partial charge is 0.344 e. The number of fused-ring (bicyclic) bond motifs is 1. The molecule has 1 amide bonds. The van der Waals surface area contributed by atoms with Gasteiger partial charge in [0.15, 0.2) is 6.61 Å². The summed E-state index contributed by atoms with van der Waals surface area (Å²) in [5.74, 6) is 0.273. The van der Waals surface area contributed by atoms with Crippen LogP contribution < -0.4 is 15.7 Å². The molecule has 4 rings (SSSR count).